The van der Waals surface area contributed by atoms with E-state index < -0.39 is 12.1 Å². The minimum absolute atomic E-state index is 0.0103. The molecule has 0 radical (unpaired) electrons. The summed E-state index contributed by atoms with van der Waals surface area (Å²) < 4.78 is 5.51. The van der Waals surface area contributed by atoms with E-state index in [1.54, 1.807) is 6.08 Å². The van der Waals surface area contributed by atoms with Crippen LogP contribution in [0.5, 0.6) is 0 Å². The van der Waals surface area contributed by atoms with Crippen molar-refractivity contribution >= 4 is 11.9 Å². The lowest BCUT2D eigenvalue weighted by atomic mass is 10.0. The third kappa shape index (κ3) is 63.6. The van der Waals surface area contributed by atoms with Gasteiger partial charge in [-0.15, -0.1) is 0 Å². The predicted octanol–water partition coefficient (Wildman–Crippen LogP) is 22.8. The maximum atomic E-state index is 12.5. The summed E-state index contributed by atoms with van der Waals surface area (Å²) in [7, 11) is 0. The van der Waals surface area contributed by atoms with Gasteiger partial charge >= 0.3 is 5.97 Å². The minimum Gasteiger partial charge on any atom is -0.466 e. The number of unbranched alkanes of at least 4 members (excludes halogenated alkanes) is 56. The number of carbonyl (C=O) groups excluding carboxylic acids is 2. The molecule has 0 spiro atoms. The summed E-state index contributed by atoms with van der Waals surface area (Å²) in [5, 5.41) is 23.3. The lowest BCUT2D eigenvalue weighted by molar-refractivity contribution is -0.143. The van der Waals surface area contributed by atoms with E-state index in [9.17, 15) is 19.8 Å². The third-order valence-corrected chi connectivity index (χ3v) is 16.8. The van der Waals surface area contributed by atoms with Crippen LogP contribution in [0.1, 0.15) is 406 Å². The fourth-order valence-electron chi connectivity index (χ4n) is 11.4. The quantitative estimate of drug-likeness (QED) is 0.0320. The van der Waals surface area contributed by atoms with Crippen LogP contribution in [0.25, 0.3) is 0 Å². The van der Waals surface area contributed by atoms with Crippen molar-refractivity contribution in [3.05, 3.63) is 12.2 Å². The van der Waals surface area contributed by atoms with Crippen molar-refractivity contribution in [2.24, 2.45) is 0 Å². The summed E-state index contributed by atoms with van der Waals surface area (Å²) >= 11 is 0. The number of hydrogen-bond donors (Lipinski definition) is 3. The summed E-state index contributed by atoms with van der Waals surface area (Å²) in [6, 6.07) is -0.633. The smallest absolute Gasteiger partial charge is 0.305 e. The van der Waals surface area contributed by atoms with Crippen molar-refractivity contribution < 1.29 is 24.5 Å². The molecule has 458 valence electrons. The fourth-order valence-corrected chi connectivity index (χ4v) is 11.4. The number of hydrogen-bond acceptors (Lipinski definition) is 5. The number of ether oxygens (including phenoxy) is 1. The molecule has 0 saturated heterocycles. The van der Waals surface area contributed by atoms with Gasteiger partial charge in [-0.3, -0.25) is 9.59 Å². The van der Waals surface area contributed by atoms with Gasteiger partial charge in [-0.25, -0.2) is 0 Å². The van der Waals surface area contributed by atoms with Crippen molar-refractivity contribution in [2.75, 3.05) is 13.2 Å². The van der Waals surface area contributed by atoms with Crippen molar-refractivity contribution in [3.8, 4) is 0 Å². The molecule has 0 aromatic carbocycles. The number of amides is 1. The predicted molar refractivity (Wildman–Crippen MR) is 338 cm³/mol. The molecule has 0 heterocycles. The van der Waals surface area contributed by atoms with Crippen LogP contribution in [0.2, 0.25) is 0 Å². The molecule has 2 atom stereocenters. The van der Waals surface area contributed by atoms with Crippen LogP contribution in [0.4, 0.5) is 0 Å². The molecule has 0 aromatic heterocycles. The molecule has 6 nitrogen and oxygen atoms in total. The van der Waals surface area contributed by atoms with Gasteiger partial charge in [0.15, 0.2) is 0 Å². The zero-order valence-corrected chi connectivity index (χ0v) is 52.5. The molecule has 2 unspecified atom stereocenters. The van der Waals surface area contributed by atoms with Gasteiger partial charge in [-0.2, -0.15) is 0 Å². The van der Waals surface area contributed by atoms with Gasteiger partial charge in [0, 0.05) is 12.8 Å². The Morgan fingerprint density at radius 3 is 0.883 bits per heavy atom. The molecule has 0 fully saturated rings. The summed E-state index contributed by atoms with van der Waals surface area (Å²) in [6.45, 7) is 4.94. The second-order valence-electron chi connectivity index (χ2n) is 24.6. The highest BCUT2D eigenvalue weighted by molar-refractivity contribution is 5.76. The Kier molecular flexibility index (Phi) is 65.9. The molecule has 3 N–H and O–H groups in total. The lowest BCUT2D eigenvalue weighted by Crippen LogP contribution is -2.45. The van der Waals surface area contributed by atoms with Crippen molar-refractivity contribution in [1.29, 1.82) is 0 Å². The standard InChI is InChI=1S/C71H139NO5/c1-3-5-7-9-11-13-15-17-19-21-23-24-25-26-27-28-29-31-35-39-43-47-51-55-59-63-69(74)68(67-73)72-70(75)64-60-56-52-48-44-40-36-32-30-34-38-42-46-50-54-58-62-66-77-71(76)65-61-57-53-49-45-41-37-33-22-20-18-16-14-12-10-8-6-4-2/h59,63,68-69,73-74H,3-58,60-62,64-67H2,1-2H3,(H,72,75)/b63-59+. The molecule has 0 saturated carbocycles. The van der Waals surface area contributed by atoms with Crippen LogP contribution < -0.4 is 5.32 Å². The Hall–Kier alpha value is -1.40. The van der Waals surface area contributed by atoms with Gasteiger partial charge in [-0.05, 0) is 32.1 Å². The second kappa shape index (κ2) is 67.1. The Bertz CT molecular complexity index is 1160. The summed E-state index contributed by atoms with van der Waals surface area (Å²) in [4.78, 5) is 24.6. The molecule has 1 amide bonds. The van der Waals surface area contributed by atoms with E-state index in [0.29, 0.717) is 19.4 Å². The van der Waals surface area contributed by atoms with E-state index in [1.807, 2.05) is 6.08 Å². The maximum Gasteiger partial charge on any atom is 0.305 e. The average Bonchev–Trinajstić information content (AvgIpc) is 3.43. The average molecular weight is 1090 g/mol. The van der Waals surface area contributed by atoms with E-state index in [1.165, 1.54) is 340 Å². The van der Waals surface area contributed by atoms with Crippen molar-refractivity contribution in [3.63, 3.8) is 0 Å². The topological polar surface area (TPSA) is 95.9 Å². The molecule has 0 aliphatic carbocycles. The molecule has 6 heteroatoms. The summed E-state index contributed by atoms with van der Waals surface area (Å²) in [5.41, 5.74) is 0. The lowest BCUT2D eigenvalue weighted by Gasteiger charge is -2.20. The number of carbonyl (C=O) groups is 2. The van der Waals surface area contributed by atoms with Crippen LogP contribution in [0, 0.1) is 0 Å². The summed E-state index contributed by atoms with van der Waals surface area (Å²) in [6.07, 6.45) is 82.8. The van der Waals surface area contributed by atoms with E-state index in [2.05, 4.69) is 19.2 Å². The first-order valence-corrected chi connectivity index (χ1v) is 35.5. The maximum absolute atomic E-state index is 12.5. The van der Waals surface area contributed by atoms with Crippen LogP contribution in [0.15, 0.2) is 12.2 Å². The second-order valence-corrected chi connectivity index (χ2v) is 24.6. The Balaban J connectivity index is 3.41. The van der Waals surface area contributed by atoms with Crippen molar-refractivity contribution in [1.82, 2.24) is 5.32 Å². The van der Waals surface area contributed by atoms with Crippen molar-refractivity contribution in [2.45, 2.75) is 418 Å². The Morgan fingerprint density at radius 2 is 0.597 bits per heavy atom. The van der Waals surface area contributed by atoms with E-state index in [-0.39, 0.29) is 18.5 Å². The molecule has 0 aliphatic rings. The van der Waals surface area contributed by atoms with Gasteiger partial charge in [0.2, 0.25) is 5.91 Å². The van der Waals surface area contributed by atoms with Crippen LogP contribution in [0.3, 0.4) is 0 Å². The summed E-state index contributed by atoms with van der Waals surface area (Å²) in [5.74, 6) is -0.0575. The van der Waals surface area contributed by atoms with Crippen LogP contribution >= 0.6 is 0 Å². The first kappa shape index (κ1) is 75.6. The zero-order valence-electron chi connectivity index (χ0n) is 52.5. The van der Waals surface area contributed by atoms with E-state index in [0.717, 1.165) is 38.5 Å². The highest BCUT2D eigenvalue weighted by Crippen LogP contribution is 2.19. The SMILES string of the molecule is CCCCCCCCCCCCCCCCCCCCCCCCC/C=C/C(O)C(CO)NC(=O)CCCCCCCCCCCCCCCCCCCOC(=O)CCCCCCCCCCCCCCCCCCCC. The van der Waals surface area contributed by atoms with Crippen LogP contribution in [-0.2, 0) is 14.3 Å². The number of allylic oxidation sites excluding steroid dienone is 1. The first-order chi connectivity index (χ1) is 38.0. The molecule has 0 bridgehead atoms. The van der Waals surface area contributed by atoms with Gasteiger partial charge in [0.25, 0.3) is 0 Å². The highest BCUT2D eigenvalue weighted by atomic mass is 16.5. The normalized spacial score (nSPS) is 12.5. The number of aliphatic hydroxyl groups excluding tert-OH is 2. The fraction of sp³-hybridized carbons (Fsp3) is 0.944. The number of esters is 1. The van der Waals surface area contributed by atoms with Gasteiger partial charge < -0.3 is 20.3 Å². The molecular weight excluding hydrogens is 947 g/mol. The molecule has 0 aromatic rings. The molecular formula is C71H139NO5. The van der Waals surface area contributed by atoms with Gasteiger partial charge in [-0.1, -0.05) is 373 Å². The van der Waals surface area contributed by atoms with E-state index in [4.69, 9.17) is 4.74 Å². The number of nitrogens with one attached hydrogen (secondary N) is 1. The van der Waals surface area contributed by atoms with Gasteiger partial charge in [0.1, 0.15) is 0 Å². The minimum atomic E-state index is -0.849. The largest absolute Gasteiger partial charge is 0.466 e. The monoisotopic (exact) mass is 1090 g/mol. The van der Waals surface area contributed by atoms with E-state index >= 15 is 0 Å². The Labute approximate surface area is 482 Å². The van der Waals surface area contributed by atoms with Gasteiger partial charge in [0.05, 0.1) is 25.4 Å². The number of aliphatic hydroxyl groups is 2. The molecule has 0 aliphatic heterocycles. The molecule has 0 rings (SSSR count). The van der Waals surface area contributed by atoms with Crippen LogP contribution in [-0.4, -0.2) is 47.4 Å². The number of rotatable bonds is 67. The Morgan fingerprint density at radius 1 is 0.351 bits per heavy atom. The first-order valence-electron chi connectivity index (χ1n) is 35.5. The zero-order chi connectivity index (χ0) is 55.7. The third-order valence-electron chi connectivity index (χ3n) is 16.8. The highest BCUT2D eigenvalue weighted by Gasteiger charge is 2.18. The molecule has 77 heavy (non-hydrogen) atoms.